The zero-order valence-corrected chi connectivity index (χ0v) is 22.4. The standard InChI is InChI=1S/C26H33F3O8S/c1-4-23(2,3)36-20-10-18(5-6-19(20)26(27,28)29)21(30)37-25-13-16-9-17(14-25)12-24(11-16,15-25)22(31)35-7-8-38(32,33)34/h5-6,10,16-17H,4,7-9,11-15H2,1-3H3,(H,32,33,34). The number of esters is 2. The van der Waals surface area contributed by atoms with E-state index in [9.17, 15) is 31.2 Å². The van der Waals surface area contributed by atoms with Crippen molar-refractivity contribution in [3.05, 3.63) is 29.3 Å². The van der Waals surface area contributed by atoms with E-state index in [0.717, 1.165) is 24.6 Å². The Morgan fingerprint density at radius 3 is 2.29 bits per heavy atom. The molecule has 1 N–H and O–H groups in total. The van der Waals surface area contributed by atoms with Crippen molar-refractivity contribution in [3.63, 3.8) is 0 Å². The normalized spacial score (nSPS) is 28.7. The molecule has 5 rings (SSSR count). The van der Waals surface area contributed by atoms with Crippen molar-refractivity contribution in [2.24, 2.45) is 17.3 Å². The Labute approximate surface area is 220 Å². The zero-order valence-electron chi connectivity index (χ0n) is 21.6. The lowest BCUT2D eigenvalue weighted by Crippen LogP contribution is -2.60. The maximum atomic E-state index is 13.6. The molecule has 4 aliphatic rings. The summed E-state index contributed by atoms with van der Waals surface area (Å²) < 4.78 is 88.7. The van der Waals surface area contributed by atoms with Gasteiger partial charge in [-0.3, -0.25) is 9.35 Å². The predicted octanol–water partition coefficient (Wildman–Crippen LogP) is 5.20. The van der Waals surface area contributed by atoms with Crippen molar-refractivity contribution in [3.8, 4) is 5.75 Å². The Balaban J connectivity index is 1.56. The van der Waals surface area contributed by atoms with Crippen molar-refractivity contribution in [1.29, 1.82) is 0 Å². The zero-order chi connectivity index (χ0) is 28.1. The maximum Gasteiger partial charge on any atom is 0.419 e. The van der Waals surface area contributed by atoms with Crippen LogP contribution in [0.2, 0.25) is 0 Å². The fraction of sp³-hybridized carbons (Fsp3) is 0.692. The third-order valence-electron chi connectivity index (χ3n) is 8.08. The summed E-state index contributed by atoms with van der Waals surface area (Å²) in [5.74, 6) is -2.36. The van der Waals surface area contributed by atoms with Gasteiger partial charge in [-0.25, -0.2) is 4.79 Å². The van der Waals surface area contributed by atoms with Gasteiger partial charge in [0.1, 0.15) is 29.3 Å². The molecular formula is C26H33F3O8S. The topological polar surface area (TPSA) is 116 Å². The lowest BCUT2D eigenvalue weighted by atomic mass is 9.48. The minimum Gasteiger partial charge on any atom is -0.487 e. The molecule has 2 unspecified atom stereocenters. The summed E-state index contributed by atoms with van der Waals surface area (Å²) in [7, 11) is -4.29. The monoisotopic (exact) mass is 562 g/mol. The average molecular weight is 563 g/mol. The summed E-state index contributed by atoms with van der Waals surface area (Å²) in [4.78, 5) is 26.3. The molecule has 4 bridgehead atoms. The van der Waals surface area contributed by atoms with Crippen LogP contribution in [0.5, 0.6) is 5.75 Å². The smallest absolute Gasteiger partial charge is 0.419 e. The van der Waals surface area contributed by atoms with Crippen molar-refractivity contribution in [2.45, 2.75) is 83.1 Å². The van der Waals surface area contributed by atoms with E-state index in [4.69, 9.17) is 18.8 Å². The highest BCUT2D eigenvalue weighted by Gasteiger charge is 2.63. The minimum absolute atomic E-state index is 0.0829. The molecule has 4 aliphatic carbocycles. The average Bonchev–Trinajstić information content (AvgIpc) is 2.76. The molecule has 0 amide bonds. The lowest BCUT2D eigenvalue weighted by molar-refractivity contribution is -0.196. The molecule has 12 heteroatoms. The molecule has 4 fully saturated rings. The fourth-order valence-corrected chi connectivity index (χ4v) is 6.82. The number of ether oxygens (including phenoxy) is 3. The van der Waals surface area contributed by atoms with Gasteiger partial charge in [-0.15, -0.1) is 0 Å². The van der Waals surface area contributed by atoms with Crippen LogP contribution in [-0.2, 0) is 30.6 Å². The molecule has 0 aliphatic heterocycles. The third-order valence-corrected chi connectivity index (χ3v) is 8.77. The molecule has 0 aromatic heterocycles. The first-order valence-electron chi connectivity index (χ1n) is 12.7. The minimum atomic E-state index is -4.68. The molecule has 2 atom stereocenters. The number of carbonyl (C=O) groups excluding carboxylic acids is 2. The second-order valence-corrected chi connectivity index (χ2v) is 13.2. The first kappa shape index (κ1) is 28.7. The highest BCUT2D eigenvalue weighted by molar-refractivity contribution is 7.85. The van der Waals surface area contributed by atoms with Gasteiger partial charge in [-0.05, 0) is 82.4 Å². The summed E-state index contributed by atoms with van der Waals surface area (Å²) in [6.45, 7) is 4.61. The van der Waals surface area contributed by atoms with Gasteiger partial charge in [-0.2, -0.15) is 21.6 Å². The molecule has 1 aromatic rings. The number of hydrogen-bond acceptors (Lipinski definition) is 7. The Morgan fingerprint density at radius 2 is 1.74 bits per heavy atom. The summed E-state index contributed by atoms with van der Waals surface area (Å²) in [5.41, 5.74) is -3.89. The van der Waals surface area contributed by atoms with Crippen molar-refractivity contribution in [2.75, 3.05) is 12.4 Å². The number of carbonyl (C=O) groups is 2. The van der Waals surface area contributed by atoms with E-state index in [1.807, 2.05) is 0 Å². The second-order valence-electron chi connectivity index (χ2n) is 11.7. The van der Waals surface area contributed by atoms with Gasteiger partial charge >= 0.3 is 18.1 Å². The molecule has 0 saturated heterocycles. The van der Waals surface area contributed by atoms with Crippen LogP contribution in [0, 0.1) is 17.3 Å². The van der Waals surface area contributed by atoms with Crippen LogP contribution in [0.1, 0.15) is 81.6 Å². The Morgan fingerprint density at radius 1 is 1.11 bits per heavy atom. The highest BCUT2D eigenvalue weighted by Crippen LogP contribution is 2.63. The third kappa shape index (κ3) is 6.11. The second kappa shape index (κ2) is 9.69. The Kier molecular flexibility index (Phi) is 7.31. The van der Waals surface area contributed by atoms with E-state index >= 15 is 0 Å². The van der Waals surface area contributed by atoms with Crippen molar-refractivity contribution >= 4 is 22.1 Å². The van der Waals surface area contributed by atoms with Crippen LogP contribution >= 0.6 is 0 Å². The van der Waals surface area contributed by atoms with Crippen molar-refractivity contribution < 1.29 is 49.9 Å². The first-order chi connectivity index (χ1) is 17.4. The van der Waals surface area contributed by atoms with Gasteiger partial charge in [-0.1, -0.05) is 6.92 Å². The highest BCUT2D eigenvalue weighted by atomic mass is 32.2. The summed E-state index contributed by atoms with van der Waals surface area (Å²) in [6.07, 6.45) is -1.07. The van der Waals surface area contributed by atoms with Crippen LogP contribution in [0.4, 0.5) is 13.2 Å². The number of halogens is 3. The summed E-state index contributed by atoms with van der Waals surface area (Å²) in [5, 5.41) is 0. The lowest BCUT2D eigenvalue weighted by Gasteiger charge is -2.59. The molecule has 4 saturated carbocycles. The maximum absolute atomic E-state index is 13.6. The van der Waals surface area contributed by atoms with Gasteiger partial charge in [0.25, 0.3) is 10.1 Å². The predicted molar refractivity (Wildman–Crippen MR) is 129 cm³/mol. The number of rotatable bonds is 9. The van der Waals surface area contributed by atoms with Crippen molar-refractivity contribution in [1.82, 2.24) is 0 Å². The molecule has 0 radical (unpaired) electrons. The SMILES string of the molecule is CCC(C)(C)Oc1cc(C(=O)OC23CC4CC(C2)CC(C(=O)OCCS(=O)(=O)O)(C4)C3)ccc1C(F)(F)F. The van der Waals surface area contributed by atoms with Crippen LogP contribution in [0.25, 0.3) is 0 Å². The van der Waals surface area contributed by atoms with Crippen LogP contribution in [0.3, 0.4) is 0 Å². The van der Waals surface area contributed by atoms with Crippen LogP contribution in [0.15, 0.2) is 18.2 Å². The van der Waals surface area contributed by atoms with E-state index < -0.39 is 68.5 Å². The van der Waals surface area contributed by atoms with E-state index in [1.165, 1.54) is 0 Å². The molecule has 0 spiro atoms. The molecule has 212 valence electrons. The quantitative estimate of drug-likeness (QED) is 0.323. The van der Waals surface area contributed by atoms with Gasteiger partial charge in [0.05, 0.1) is 16.5 Å². The Bertz CT molecular complexity index is 1190. The van der Waals surface area contributed by atoms with Gasteiger partial charge < -0.3 is 14.2 Å². The van der Waals surface area contributed by atoms with E-state index in [1.54, 1.807) is 20.8 Å². The number of benzene rings is 1. The first-order valence-corrected chi connectivity index (χ1v) is 14.3. The molecule has 0 heterocycles. The molecule has 1 aromatic carbocycles. The summed E-state index contributed by atoms with van der Waals surface area (Å²) >= 11 is 0. The summed E-state index contributed by atoms with van der Waals surface area (Å²) in [6, 6.07) is 2.94. The number of alkyl halides is 3. The van der Waals surface area contributed by atoms with Gasteiger partial charge in [0, 0.05) is 6.42 Å². The van der Waals surface area contributed by atoms with Gasteiger partial charge in [0.15, 0.2) is 0 Å². The number of hydrogen-bond donors (Lipinski definition) is 1. The van der Waals surface area contributed by atoms with Gasteiger partial charge in [0.2, 0.25) is 0 Å². The van der Waals surface area contributed by atoms with E-state index in [2.05, 4.69) is 0 Å². The molecular weight excluding hydrogens is 529 g/mol. The van der Waals surface area contributed by atoms with E-state index in [-0.39, 0.29) is 23.8 Å². The molecule has 8 nitrogen and oxygen atoms in total. The Hall–Kier alpha value is -2.34. The molecule has 38 heavy (non-hydrogen) atoms. The van der Waals surface area contributed by atoms with Crippen LogP contribution < -0.4 is 4.74 Å². The van der Waals surface area contributed by atoms with E-state index in [0.29, 0.717) is 32.1 Å². The fourth-order valence-electron chi connectivity index (χ4n) is 6.52. The largest absolute Gasteiger partial charge is 0.487 e. The van der Waals surface area contributed by atoms with Crippen LogP contribution in [-0.4, -0.2) is 48.5 Å².